The van der Waals surface area contributed by atoms with Gasteiger partial charge in [-0.3, -0.25) is 0 Å². The standard InChI is InChI=1S/C15H17N5S.2BrH.H2O/c1-2-4-14-13(3-1)19-15(18-11-5-6-16-7-11)20(14)8-12-9-21-10-17-12;;;/h1-4,9-11,16H,5-8H2,(H,18,19);2*1H;1H2. The Hall–Kier alpha value is -1.00. The van der Waals surface area contributed by atoms with E-state index in [1.54, 1.807) is 11.3 Å². The number of hydrogen-bond acceptors (Lipinski definition) is 5. The molecule has 132 valence electrons. The van der Waals surface area contributed by atoms with Crippen LogP contribution in [0.4, 0.5) is 5.95 Å². The SMILES string of the molecule is Br.Br.O.c1ccc2c(c1)nc(NC1CCNC1)n2Cc1cscn1. The van der Waals surface area contributed by atoms with Crippen LogP contribution in [-0.4, -0.2) is 39.1 Å². The van der Waals surface area contributed by atoms with Crippen molar-refractivity contribution in [1.82, 2.24) is 19.9 Å². The predicted molar refractivity (Wildman–Crippen MR) is 110 cm³/mol. The van der Waals surface area contributed by atoms with Gasteiger partial charge in [-0.2, -0.15) is 0 Å². The van der Waals surface area contributed by atoms with E-state index in [4.69, 9.17) is 4.98 Å². The zero-order valence-corrected chi connectivity index (χ0v) is 17.2. The van der Waals surface area contributed by atoms with Gasteiger partial charge in [0.1, 0.15) is 0 Å². The molecule has 4 rings (SSSR count). The molecule has 1 fully saturated rings. The van der Waals surface area contributed by atoms with Crippen molar-refractivity contribution in [3.05, 3.63) is 40.8 Å². The first-order valence-corrected chi connectivity index (χ1v) is 8.14. The summed E-state index contributed by atoms with van der Waals surface area (Å²) in [5, 5.41) is 9.05. The number of anilines is 1. The minimum atomic E-state index is 0. The summed E-state index contributed by atoms with van der Waals surface area (Å²) in [6, 6.07) is 8.72. The highest BCUT2D eigenvalue weighted by atomic mass is 79.9. The van der Waals surface area contributed by atoms with Crippen molar-refractivity contribution in [1.29, 1.82) is 0 Å². The van der Waals surface area contributed by atoms with E-state index < -0.39 is 0 Å². The van der Waals surface area contributed by atoms with E-state index in [0.717, 1.165) is 48.7 Å². The maximum absolute atomic E-state index is 4.76. The summed E-state index contributed by atoms with van der Waals surface area (Å²) in [5.41, 5.74) is 5.14. The molecule has 4 N–H and O–H groups in total. The third-order valence-electron chi connectivity index (χ3n) is 3.85. The van der Waals surface area contributed by atoms with Crippen LogP contribution in [0.15, 0.2) is 35.2 Å². The molecule has 0 spiro atoms. The smallest absolute Gasteiger partial charge is 0.204 e. The Morgan fingerprint density at radius 2 is 2.12 bits per heavy atom. The van der Waals surface area contributed by atoms with Crippen LogP contribution >= 0.6 is 45.3 Å². The van der Waals surface area contributed by atoms with Crippen molar-refractivity contribution in [3.8, 4) is 0 Å². The molecule has 1 atom stereocenters. The summed E-state index contributed by atoms with van der Waals surface area (Å²) in [5.74, 6) is 0.943. The fourth-order valence-corrected chi connectivity index (χ4v) is 3.33. The minimum Gasteiger partial charge on any atom is -0.412 e. The molecule has 0 aliphatic carbocycles. The van der Waals surface area contributed by atoms with E-state index in [-0.39, 0.29) is 39.4 Å². The van der Waals surface area contributed by atoms with Gasteiger partial charge in [0.15, 0.2) is 0 Å². The lowest BCUT2D eigenvalue weighted by molar-refractivity contribution is 0.744. The number of nitrogens with zero attached hydrogens (tertiary/aromatic N) is 3. The number of para-hydroxylation sites is 2. The van der Waals surface area contributed by atoms with Crippen LogP contribution in [0.1, 0.15) is 12.1 Å². The van der Waals surface area contributed by atoms with Gasteiger partial charge in [-0.1, -0.05) is 12.1 Å². The lowest BCUT2D eigenvalue weighted by Gasteiger charge is -2.14. The number of fused-ring (bicyclic) bond motifs is 1. The molecular weight excluding hydrogens is 458 g/mol. The first kappa shape index (κ1) is 21.0. The number of rotatable bonds is 4. The highest BCUT2D eigenvalue weighted by Gasteiger charge is 2.18. The number of aromatic nitrogens is 3. The molecule has 2 aromatic heterocycles. The summed E-state index contributed by atoms with van der Waals surface area (Å²) in [6.45, 7) is 2.83. The van der Waals surface area contributed by atoms with E-state index in [1.165, 1.54) is 0 Å². The molecule has 1 aliphatic heterocycles. The molecule has 0 bridgehead atoms. The van der Waals surface area contributed by atoms with Crippen LogP contribution in [0.25, 0.3) is 11.0 Å². The molecule has 9 heteroatoms. The van der Waals surface area contributed by atoms with Crippen molar-refractivity contribution in [2.45, 2.75) is 19.0 Å². The Kier molecular flexibility index (Phi) is 8.31. The lowest BCUT2D eigenvalue weighted by atomic mass is 10.3. The first-order chi connectivity index (χ1) is 10.4. The van der Waals surface area contributed by atoms with E-state index in [1.807, 2.05) is 11.6 Å². The average Bonchev–Trinajstić information content (AvgIpc) is 3.23. The van der Waals surface area contributed by atoms with Gasteiger partial charge in [0.25, 0.3) is 0 Å². The third-order valence-corrected chi connectivity index (χ3v) is 4.49. The minimum absolute atomic E-state index is 0. The van der Waals surface area contributed by atoms with Gasteiger partial charge in [0.2, 0.25) is 5.95 Å². The van der Waals surface area contributed by atoms with Gasteiger partial charge in [0, 0.05) is 18.0 Å². The molecular formula is C15H21Br2N5OS. The van der Waals surface area contributed by atoms with Crippen LogP contribution in [0.3, 0.4) is 0 Å². The van der Waals surface area contributed by atoms with Crippen molar-refractivity contribution < 1.29 is 5.48 Å². The Morgan fingerprint density at radius 1 is 1.29 bits per heavy atom. The van der Waals surface area contributed by atoms with Crippen molar-refractivity contribution in [2.24, 2.45) is 0 Å². The van der Waals surface area contributed by atoms with E-state index in [0.29, 0.717) is 6.04 Å². The van der Waals surface area contributed by atoms with Crippen LogP contribution in [0, 0.1) is 0 Å². The Balaban J connectivity index is 0.000000960. The number of benzene rings is 1. The topological polar surface area (TPSA) is 86.3 Å². The maximum Gasteiger partial charge on any atom is 0.204 e. The van der Waals surface area contributed by atoms with Gasteiger partial charge in [-0.25, -0.2) is 9.97 Å². The molecule has 0 saturated carbocycles. The molecule has 0 radical (unpaired) electrons. The van der Waals surface area contributed by atoms with E-state index in [2.05, 4.69) is 43.8 Å². The summed E-state index contributed by atoms with van der Waals surface area (Å²) < 4.78 is 2.22. The Bertz CT molecular complexity index is 744. The molecule has 3 aromatic rings. The molecule has 6 nitrogen and oxygen atoms in total. The first-order valence-electron chi connectivity index (χ1n) is 7.20. The Morgan fingerprint density at radius 3 is 2.83 bits per heavy atom. The van der Waals surface area contributed by atoms with Crippen molar-refractivity contribution in [3.63, 3.8) is 0 Å². The van der Waals surface area contributed by atoms with Gasteiger partial charge in [-0.05, 0) is 25.1 Å². The number of halogens is 2. The molecule has 0 amide bonds. The van der Waals surface area contributed by atoms with Crippen molar-refractivity contribution >= 4 is 62.3 Å². The second-order valence-electron chi connectivity index (χ2n) is 5.32. The number of nitrogens with one attached hydrogen (secondary N) is 2. The van der Waals surface area contributed by atoms with Gasteiger partial charge in [0.05, 0.1) is 28.8 Å². The average molecular weight is 479 g/mol. The summed E-state index contributed by atoms with van der Waals surface area (Å²) >= 11 is 1.63. The molecule has 24 heavy (non-hydrogen) atoms. The predicted octanol–water partition coefficient (Wildman–Crippen LogP) is 2.65. The summed E-state index contributed by atoms with van der Waals surface area (Å²) in [6.07, 6.45) is 1.14. The fourth-order valence-electron chi connectivity index (χ4n) is 2.78. The Labute approximate surface area is 165 Å². The van der Waals surface area contributed by atoms with Crippen molar-refractivity contribution in [2.75, 3.05) is 18.4 Å². The monoisotopic (exact) mass is 477 g/mol. The van der Waals surface area contributed by atoms with Crippen LogP contribution in [0.5, 0.6) is 0 Å². The van der Waals surface area contributed by atoms with E-state index in [9.17, 15) is 0 Å². The van der Waals surface area contributed by atoms with Crippen LogP contribution in [-0.2, 0) is 6.54 Å². The quantitative estimate of drug-likeness (QED) is 0.603. The van der Waals surface area contributed by atoms with Gasteiger partial charge >= 0.3 is 0 Å². The van der Waals surface area contributed by atoms with Gasteiger partial charge in [-0.15, -0.1) is 45.3 Å². The molecule has 1 aliphatic rings. The van der Waals surface area contributed by atoms with Crippen LogP contribution < -0.4 is 10.6 Å². The van der Waals surface area contributed by atoms with E-state index >= 15 is 0 Å². The summed E-state index contributed by atoms with van der Waals surface area (Å²) in [4.78, 5) is 9.16. The number of imidazole rings is 1. The van der Waals surface area contributed by atoms with Gasteiger partial charge < -0.3 is 20.7 Å². The zero-order chi connectivity index (χ0) is 14.1. The molecule has 3 heterocycles. The number of thiazole rings is 1. The second-order valence-corrected chi connectivity index (χ2v) is 6.04. The highest BCUT2D eigenvalue weighted by Crippen LogP contribution is 2.22. The largest absolute Gasteiger partial charge is 0.412 e. The third kappa shape index (κ3) is 4.34. The molecule has 1 aromatic carbocycles. The maximum atomic E-state index is 4.76. The zero-order valence-electron chi connectivity index (χ0n) is 12.9. The summed E-state index contributed by atoms with van der Waals surface area (Å²) in [7, 11) is 0. The van der Waals surface area contributed by atoms with Crippen LogP contribution in [0.2, 0.25) is 0 Å². The molecule has 1 unspecified atom stereocenters. The second kappa shape index (κ2) is 9.47. The normalized spacial score (nSPS) is 16.1. The fraction of sp³-hybridized carbons (Fsp3) is 0.333. The molecule has 1 saturated heterocycles. The number of hydrogen-bond donors (Lipinski definition) is 2. The highest BCUT2D eigenvalue weighted by molar-refractivity contribution is 8.93. The lowest BCUT2D eigenvalue weighted by Crippen LogP contribution is -2.24.